The molecule has 10 heteroatoms. The summed E-state index contributed by atoms with van der Waals surface area (Å²) in [7, 11) is 0. The lowest BCUT2D eigenvalue weighted by Gasteiger charge is -2.27. The van der Waals surface area contributed by atoms with Gasteiger partial charge in [0.2, 0.25) is 6.79 Å². The van der Waals surface area contributed by atoms with Crippen molar-refractivity contribution in [1.82, 2.24) is 13.6 Å². The third-order valence-electron chi connectivity index (χ3n) is 5.55. The van der Waals surface area contributed by atoms with Crippen molar-refractivity contribution in [3.63, 3.8) is 0 Å². The number of amides is 1. The molecule has 3 N–H and O–H groups in total. The molecule has 3 aromatic rings. The molecule has 9 nitrogen and oxygen atoms in total. The van der Waals surface area contributed by atoms with Gasteiger partial charge in [-0.2, -0.15) is 8.75 Å². The second-order valence-corrected chi connectivity index (χ2v) is 11.2. The Balaban J connectivity index is 0.000000586. The number of para-hydroxylation sites is 1. The number of fused-ring (bicyclic) bond motifs is 1. The average Bonchev–Trinajstić information content (AvgIpc) is 3.52. The number of hydrogen-bond donors (Lipinski definition) is 3. The number of rotatable bonds is 6. The Morgan fingerprint density at radius 1 is 1.03 bits per heavy atom. The van der Waals surface area contributed by atoms with E-state index in [1.807, 2.05) is 18.2 Å². The van der Waals surface area contributed by atoms with Crippen LogP contribution in [0.1, 0.15) is 62.9 Å². The maximum Gasteiger partial charge on any atom is 0.257 e. The number of hydrogen-bond acceptors (Lipinski definition) is 9. The largest absolute Gasteiger partial charge is 0.505 e. The van der Waals surface area contributed by atoms with E-state index in [0.717, 1.165) is 61.1 Å². The number of phenols is 1. The van der Waals surface area contributed by atoms with Gasteiger partial charge in [0.05, 0.1) is 23.0 Å². The van der Waals surface area contributed by atoms with Crippen LogP contribution in [0.2, 0.25) is 0 Å². The summed E-state index contributed by atoms with van der Waals surface area (Å²) in [4.78, 5) is 14.7. The first-order chi connectivity index (χ1) is 17.7. The molecule has 0 bridgehead atoms. The van der Waals surface area contributed by atoms with Gasteiger partial charge in [0.15, 0.2) is 28.9 Å². The van der Waals surface area contributed by atoms with Gasteiger partial charge in [0.1, 0.15) is 0 Å². The third-order valence-corrected chi connectivity index (χ3v) is 6.08. The normalized spacial score (nSPS) is 14.5. The number of nitrogens with zero attached hydrogens (tertiary/aromatic N) is 3. The second-order valence-electron chi connectivity index (χ2n) is 10.7. The fourth-order valence-electron chi connectivity index (χ4n) is 3.84. The van der Waals surface area contributed by atoms with Gasteiger partial charge in [-0.05, 0) is 54.5 Å². The maximum atomic E-state index is 12.9. The van der Waals surface area contributed by atoms with E-state index in [4.69, 9.17) is 9.47 Å². The Morgan fingerprint density at radius 3 is 2.49 bits per heavy atom. The number of carbonyl (C=O) groups excluding carboxylic acids is 1. The first kappa shape index (κ1) is 26.5. The van der Waals surface area contributed by atoms with Crippen LogP contribution in [-0.4, -0.2) is 44.5 Å². The lowest BCUT2D eigenvalue weighted by atomic mass is 10.0. The van der Waals surface area contributed by atoms with Gasteiger partial charge in [-0.1, -0.05) is 39.8 Å². The van der Waals surface area contributed by atoms with Crippen LogP contribution in [-0.2, 0) is 6.54 Å². The van der Waals surface area contributed by atoms with Crippen molar-refractivity contribution in [2.75, 3.05) is 30.5 Å². The predicted molar refractivity (Wildman–Crippen MR) is 146 cm³/mol. The molecule has 0 radical (unpaired) electrons. The van der Waals surface area contributed by atoms with E-state index in [0.29, 0.717) is 29.3 Å². The highest BCUT2D eigenvalue weighted by atomic mass is 32.1. The van der Waals surface area contributed by atoms with Crippen LogP contribution < -0.4 is 20.1 Å². The smallest absolute Gasteiger partial charge is 0.257 e. The summed E-state index contributed by atoms with van der Waals surface area (Å²) in [6.45, 7) is 10.9. The molecule has 1 aromatic heterocycles. The molecule has 198 valence electrons. The van der Waals surface area contributed by atoms with Crippen molar-refractivity contribution in [3.05, 3.63) is 47.5 Å². The number of aromatic nitrogens is 2. The molecule has 0 unspecified atom stereocenters. The number of carbonyl (C=O) groups is 1. The van der Waals surface area contributed by atoms with Crippen LogP contribution in [0.25, 0.3) is 0 Å². The van der Waals surface area contributed by atoms with Crippen LogP contribution in [0, 0.1) is 5.41 Å². The first-order valence-corrected chi connectivity index (χ1v) is 13.3. The molecule has 1 fully saturated rings. The fourth-order valence-corrected chi connectivity index (χ4v) is 4.32. The summed E-state index contributed by atoms with van der Waals surface area (Å²) >= 11 is 1.05. The molecule has 2 aromatic carbocycles. The average molecular weight is 526 g/mol. The minimum atomic E-state index is -0.150. The zero-order valence-corrected chi connectivity index (χ0v) is 22.7. The molecule has 0 aliphatic carbocycles. The molecule has 2 aliphatic heterocycles. The molecule has 3 heterocycles. The number of likely N-dealkylation sites (tertiary alicyclic amines) is 1. The van der Waals surface area contributed by atoms with Gasteiger partial charge in [0, 0.05) is 19.6 Å². The van der Waals surface area contributed by atoms with E-state index >= 15 is 0 Å². The summed E-state index contributed by atoms with van der Waals surface area (Å²) in [5.74, 6) is 2.26. The number of nitrogens with one attached hydrogen (secondary N) is 2. The quantitative estimate of drug-likeness (QED) is 0.336. The standard InChI is InChI=1S/C22H23N5O4S.C5H12/c28-19-15(22(29)27-9-2-1-3-10-27)5-4-6-16(19)24-21-20(25-32-26-21)23-12-14-7-8-17-18(11-14)31-13-30-17;1-5(2,3)4/h4-8,11,28H,1-3,9-10,12-13H2,(H,23,25)(H,24,26);1-4H3. The summed E-state index contributed by atoms with van der Waals surface area (Å²) in [6, 6.07) is 10.9. The molecule has 0 atom stereocenters. The van der Waals surface area contributed by atoms with Crippen LogP contribution in [0.5, 0.6) is 17.2 Å². The lowest BCUT2D eigenvalue weighted by molar-refractivity contribution is 0.0721. The van der Waals surface area contributed by atoms with Crippen LogP contribution in [0.4, 0.5) is 17.3 Å². The van der Waals surface area contributed by atoms with Crippen LogP contribution in [0.3, 0.4) is 0 Å². The molecule has 37 heavy (non-hydrogen) atoms. The minimum absolute atomic E-state index is 0.0854. The van der Waals surface area contributed by atoms with E-state index < -0.39 is 0 Å². The second kappa shape index (κ2) is 11.7. The summed E-state index contributed by atoms with van der Waals surface area (Å²) in [6.07, 6.45) is 3.12. The van der Waals surface area contributed by atoms with Crippen molar-refractivity contribution >= 4 is 35.0 Å². The van der Waals surface area contributed by atoms with E-state index in [-0.39, 0.29) is 24.0 Å². The van der Waals surface area contributed by atoms with E-state index in [1.165, 1.54) is 0 Å². The fraction of sp³-hybridized carbons (Fsp3) is 0.444. The zero-order valence-electron chi connectivity index (χ0n) is 21.8. The molecule has 2 aliphatic rings. The number of anilines is 3. The SMILES string of the molecule is CC(C)(C)C.O=C(c1cccc(Nc2nsnc2NCc2ccc3c(c2)OCO3)c1O)N1CCCCC1. The third kappa shape index (κ3) is 7.25. The van der Waals surface area contributed by atoms with Crippen LogP contribution >= 0.6 is 11.7 Å². The van der Waals surface area contributed by atoms with E-state index in [9.17, 15) is 9.90 Å². The molecule has 0 spiro atoms. The minimum Gasteiger partial charge on any atom is -0.505 e. The van der Waals surface area contributed by atoms with Crippen molar-refractivity contribution in [2.45, 2.75) is 53.5 Å². The highest BCUT2D eigenvalue weighted by Gasteiger charge is 2.23. The first-order valence-electron chi connectivity index (χ1n) is 12.5. The van der Waals surface area contributed by atoms with Crippen molar-refractivity contribution in [2.24, 2.45) is 5.41 Å². The highest BCUT2D eigenvalue weighted by molar-refractivity contribution is 6.99. The summed E-state index contributed by atoms with van der Waals surface area (Å²) in [5, 5.41) is 17.1. The lowest BCUT2D eigenvalue weighted by Crippen LogP contribution is -2.35. The number of ether oxygens (including phenoxy) is 2. The number of aromatic hydroxyl groups is 1. The van der Waals surface area contributed by atoms with Crippen molar-refractivity contribution in [3.8, 4) is 17.2 Å². The molecular formula is C27H35N5O4S. The molecule has 5 rings (SSSR count). The molecular weight excluding hydrogens is 490 g/mol. The van der Waals surface area contributed by atoms with Gasteiger partial charge in [-0.15, -0.1) is 0 Å². The van der Waals surface area contributed by atoms with E-state index in [1.54, 1.807) is 23.1 Å². The highest BCUT2D eigenvalue weighted by Crippen LogP contribution is 2.35. The number of phenolic OH excluding ortho intramolecular Hbond substituents is 1. The van der Waals surface area contributed by atoms with Crippen molar-refractivity contribution in [1.29, 1.82) is 0 Å². The van der Waals surface area contributed by atoms with Gasteiger partial charge >= 0.3 is 0 Å². The van der Waals surface area contributed by atoms with Gasteiger partial charge in [-0.25, -0.2) is 0 Å². The number of piperidine rings is 1. The van der Waals surface area contributed by atoms with Gasteiger partial charge < -0.3 is 30.1 Å². The Hall–Kier alpha value is -3.53. The number of benzene rings is 2. The van der Waals surface area contributed by atoms with Crippen LogP contribution in [0.15, 0.2) is 36.4 Å². The monoisotopic (exact) mass is 525 g/mol. The van der Waals surface area contributed by atoms with E-state index in [2.05, 4.69) is 47.1 Å². The molecule has 0 saturated carbocycles. The summed E-state index contributed by atoms with van der Waals surface area (Å²) < 4.78 is 19.4. The molecule has 1 saturated heterocycles. The zero-order chi connectivity index (χ0) is 26.4. The Labute approximate surface area is 222 Å². The summed E-state index contributed by atoms with van der Waals surface area (Å²) in [5.41, 5.74) is 2.20. The van der Waals surface area contributed by atoms with Gasteiger partial charge in [0.25, 0.3) is 5.91 Å². The molecule has 1 amide bonds. The Morgan fingerprint density at radius 2 is 1.73 bits per heavy atom. The predicted octanol–water partition coefficient (Wildman–Crippen LogP) is 6.01. The van der Waals surface area contributed by atoms with Gasteiger partial charge in [-0.3, -0.25) is 4.79 Å². The topological polar surface area (TPSA) is 109 Å². The maximum absolute atomic E-state index is 12.9. The Bertz CT molecular complexity index is 1210. The van der Waals surface area contributed by atoms with Crippen molar-refractivity contribution < 1.29 is 19.4 Å². The Kier molecular flexibility index (Phi) is 8.38.